The van der Waals surface area contributed by atoms with Crippen molar-refractivity contribution in [3.63, 3.8) is 0 Å². The number of carbonyl (C=O) groups excluding carboxylic acids is 1. The summed E-state index contributed by atoms with van der Waals surface area (Å²) in [5, 5.41) is 7.47. The summed E-state index contributed by atoms with van der Waals surface area (Å²) in [7, 11) is 0. The fourth-order valence-corrected chi connectivity index (χ4v) is 4.19. The maximum absolute atomic E-state index is 12.7. The maximum Gasteiger partial charge on any atom is 0.253 e. The number of amides is 1. The third-order valence-corrected chi connectivity index (χ3v) is 5.97. The lowest BCUT2D eigenvalue weighted by Crippen LogP contribution is -2.29. The van der Waals surface area contributed by atoms with Crippen LogP contribution in [0.5, 0.6) is 0 Å². The van der Waals surface area contributed by atoms with Gasteiger partial charge in [-0.1, -0.05) is 36.0 Å². The Morgan fingerprint density at radius 2 is 1.89 bits per heavy atom. The van der Waals surface area contributed by atoms with Gasteiger partial charge in [0, 0.05) is 17.8 Å². The minimum atomic E-state index is -0.00706. The highest BCUT2D eigenvalue weighted by Crippen LogP contribution is 2.42. The number of hydrogen-bond donors (Lipinski definition) is 2. The van der Waals surface area contributed by atoms with Gasteiger partial charge < -0.3 is 10.6 Å². The third kappa shape index (κ3) is 4.56. The minimum Gasteiger partial charge on any atom is -0.352 e. The average molecular weight is 404 g/mol. The molecule has 2 N–H and O–H groups in total. The van der Waals surface area contributed by atoms with Gasteiger partial charge in [0.1, 0.15) is 5.82 Å². The van der Waals surface area contributed by atoms with Crippen LogP contribution in [0.4, 0.5) is 11.5 Å². The first-order valence-electron chi connectivity index (χ1n) is 9.60. The molecule has 0 atom stereocenters. The molecule has 2 aliphatic rings. The number of pyridine rings is 1. The SMILES string of the molecule is O=C(NCC1CCCC1)c1cnc(Nc2ccc(Cl)cc2Cl)cc1C1CC1. The van der Waals surface area contributed by atoms with Crippen LogP contribution in [0.2, 0.25) is 10.0 Å². The van der Waals surface area contributed by atoms with Gasteiger partial charge in [0.05, 0.1) is 16.3 Å². The summed E-state index contributed by atoms with van der Waals surface area (Å²) in [5.74, 6) is 1.75. The number of nitrogens with zero attached hydrogens (tertiary/aromatic N) is 1. The second kappa shape index (κ2) is 8.07. The standard InChI is InChI=1S/C21H23Cl2N3O/c22-15-7-8-19(18(23)9-15)26-20-10-16(14-5-6-14)17(12-24-20)21(27)25-11-13-3-1-2-4-13/h7-10,12-14H,1-6,11H2,(H,24,26)(H,25,27). The fourth-order valence-electron chi connectivity index (χ4n) is 3.74. The minimum absolute atomic E-state index is 0.00706. The van der Waals surface area contributed by atoms with Gasteiger partial charge in [-0.25, -0.2) is 4.98 Å². The van der Waals surface area contributed by atoms with Crippen molar-refractivity contribution in [2.24, 2.45) is 5.92 Å². The van der Waals surface area contributed by atoms with Crippen LogP contribution in [0.1, 0.15) is 60.4 Å². The molecule has 4 rings (SSSR count). The predicted octanol–water partition coefficient (Wildman–Crippen LogP) is 5.93. The van der Waals surface area contributed by atoms with Crippen LogP contribution < -0.4 is 10.6 Å². The van der Waals surface area contributed by atoms with Gasteiger partial charge in [-0.15, -0.1) is 0 Å². The van der Waals surface area contributed by atoms with Crippen LogP contribution in [0.15, 0.2) is 30.5 Å². The first-order chi connectivity index (χ1) is 13.1. The van der Waals surface area contributed by atoms with E-state index in [0.29, 0.717) is 33.3 Å². The van der Waals surface area contributed by atoms with Gasteiger partial charge in [0.25, 0.3) is 5.91 Å². The molecular weight excluding hydrogens is 381 g/mol. The van der Waals surface area contributed by atoms with E-state index in [4.69, 9.17) is 23.2 Å². The Hall–Kier alpha value is -1.78. The lowest BCUT2D eigenvalue weighted by Gasteiger charge is -2.14. The summed E-state index contributed by atoms with van der Waals surface area (Å²) in [4.78, 5) is 17.2. The van der Waals surface area contributed by atoms with Crippen molar-refractivity contribution in [3.05, 3.63) is 51.6 Å². The first-order valence-corrected chi connectivity index (χ1v) is 10.4. The van der Waals surface area contributed by atoms with Gasteiger partial charge in [-0.05, 0) is 67.3 Å². The van der Waals surface area contributed by atoms with Crippen molar-refractivity contribution in [1.82, 2.24) is 10.3 Å². The predicted molar refractivity (Wildman–Crippen MR) is 110 cm³/mol. The van der Waals surface area contributed by atoms with Gasteiger partial charge in [-0.2, -0.15) is 0 Å². The molecule has 4 nitrogen and oxygen atoms in total. The van der Waals surface area contributed by atoms with Crippen LogP contribution in [-0.4, -0.2) is 17.4 Å². The summed E-state index contributed by atoms with van der Waals surface area (Å²) >= 11 is 12.2. The monoisotopic (exact) mass is 403 g/mol. The van der Waals surface area contributed by atoms with E-state index >= 15 is 0 Å². The normalized spacial score (nSPS) is 17.1. The molecule has 0 spiro atoms. The highest BCUT2D eigenvalue weighted by Gasteiger charge is 2.29. The Labute approximate surface area is 169 Å². The van der Waals surface area contributed by atoms with E-state index in [-0.39, 0.29) is 5.91 Å². The quantitative estimate of drug-likeness (QED) is 0.628. The zero-order chi connectivity index (χ0) is 18.8. The number of carbonyl (C=O) groups is 1. The molecule has 1 heterocycles. The molecule has 2 aromatic rings. The van der Waals surface area contributed by atoms with E-state index in [1.54, 1.807) is 18.3 Å². The van der Waals surface area contributed by atoms with E-state index in [1.165, 1.54) is 25.7 Å². The van der Waals surface area contributed by atoms with Crippen LogP contribution in [0.25, 0.3) is 0 Å². The second-order valence-corrected chi connectivity index (χ2v) is 8.38. The number of anilines is 2. The molecule has 27 heavy (non-hydrogen) atoms. The van der Waals surface area contributed by atoms with Crippen LogP contribution in [-0.2, 0) is 0 Å². The Kier molecular flexibility index (Phi) is 5.55. The molecular formula is C21H23Cl2N3O. The lowest BCUT2D eigenvalue weighted by atomic mass is 10.0. The number of nitrogens with one attached hydrogen (secondary N) is 2. The molecule has 2 fully saturated rings. The van der Waals surface area contributed by atoms with E-state index in [0.717, 1.165) is 30.6 Å². The molecule has 0 bridgehead atoms. The Balaban J connectivity index is 1.50. The Morgan fingerprint density at radius 3 is 2.59 bits per heavy atom. The molecule has 2 aliphatic carbocycles. The molecule has 2 saturated carbocycles. The zero-order valence-electron chi connectivity index (χ0n) is 15.1. The average Bonchev–Trinajstić information content (AvgIpc) is 3.38. The summed E-state index contributed by atoms with van der Waals surface area (Å²) in [5.41, 5.74) is 2.51. The highest BCUT2D eigenvalue weighted by atomic mass is 35.5. The number of benzene rings is 1. The third-order valence-electron chi connectivity index (χ3n) is 5.42. The van der Waals surface area contributed by atoms with Gasteiger partial charge in [0.2, 0.25) is 0 Å². The van der Waals surface area contributed by atoms with Crippen molar-refractivity contribution in [3.8, 4) is 0 Å². The van der Waals surface area contributed by atoms with Crippen molar-refractivity contribution < 1.29 is 4.79 Å². The molecule has 1 aromatic carbocycles. The van der Waals surface area contributed by atoms with E-state index in [1.807, 2.05) is 12.1 Å². The Morgan fingerprint density at radius 1 is 1.11 bits per heavy atom. The number of aromatic nitrogens is 1. The van der Waals surface area contributed by atoms with Crippen LogP contribution >= 0.6 is 23.2 Å². The highest BCUT2D eigenvalue weighted by molar-refractivity contribution is 6.36. The van der Waals surface area contributed by atoms with Gasteiger partial charge in [-0.3, -0.25) is 4.79 Å². The zero-order valence-corrected chi connectivity index (χ0v) is 16.6. The molecule has 6 heteroatoms. The van der Waals surface area contributed by atoms with Crippen molar-refractivity contribution in [1.29, 1.82) is 0 Å². The Bertz CT molecular complexity index is 845. The number of rotatable bonds is 6. The van der Waals surface area contributed by atoms with Crippen LogP contribution in [0, 0.1) is 5.92 Å². The van der Waals surface area contributed by atoms with E-state index in [9.17, 15) is 4.79 Å². The maximum atomic E-state index is 12.7. The lowest BCUT2D eigenvalue weighted by molar-refractivity contribution is 0.0946. The number of hydrogen-bond acceptors (Lipinski definition) is 3. The van der Waals surface area contributed by atoms with Crippen molar-refractivity contribution in [2.75, 3.05) is 11.9 Å². The van der Waals surface area contributed by atoms with Gasteiger partial charge >= 0.3 is 0 Å². The molecule has 0 unspecified atom stereocenters. The molecule has 142 valence electrons. The smallest absolute Gasteiger partial charge is 0.253 e. The number of halogens is 2. The summed E-state index contributed by atoms with van der Waals surface area (Å²) in [6.07, 6.45) is 8.93. The molecule has 1 aromatic heterocycles. The van der Waals surface area contributed by atoms with Crippen molar-refractivity contribution >= 4 is 40.6 Å². The molecule has 0 aliphatic heterocycles. The summed E-state index contributed by atoms with van der Waals surface area (Å²) < 4.78 is 0. The summed E-state index contributed by atoms with van der Waals surface area (Å²) in [6.45, 7) is 0.767. The second-order valence-electron chi connectivity index (χ2n) is 7.54. The first kappa shape index (κ1) is 18.6. The topological polar surface area (TPSA) is 54.0 Å². The van der Waals surface area contributed by atoms with Crippen molar-refractivity contribution in [2.45, 2.75) is 44.4 Å². The molecule has 1 amide bonds. The van der Waals surface area contributed by atoms with Crippen LogP contribution in [0.3, 0.4) is 0 Å². The summed E-state index contributed by atoms with van der Waals surface area (Å²) in [6, 6.07) is 7.28. The van der Waals surface area contributed by atoms with Gasteiger partial charge in [0.15, 0.2) is 0 Å². The van der Waals surface area contributed by atoms with E-state index in [2.05, 4.69) is 15.6 Å². The molecule has 0 saturated heterocycles. The largest absolute Gasteiger partial charge is 0.352 e. The molecule has 0 radical (unpaired) electrons. The van der Waals surface area contributed by atoms with E-state index < -0.39 is 0 Å². The fraction of sp³-hybridized carbons (Fsp3) is 0.429.